The van der Waals surface area contributed by atoms with Crippen molar-refractivity contribution in [2.45, 2.75) is 6.92 Å². The molecular weight excluding hydrogens is 219 g/mol. The molecule has 90 valence electrons. The largest absolute Gasteiger partial charge is 0.347 e. The van der Waals surface area contributed by atoms with Crippen LogP contribution in [0.25, 0.3) is 10.9 Å². The number of hydrogen-bond acceptors (Lipinski definition) is 2. The van der Waals surface area contributed by atoms with Gasteiger partial charge >= 0.3 is 0 Å². The fourth-order valence-electron chi connectivity index (χ4n) is 1.97. The summed E-state index contributed by atoms with van der Waals surface area (Å²) >= 11 is 0. The summed E-state index contributed by atoms with van der Waals surface area (Å²) in [6.07, 6.45) is 1.69. The number of ketones is 1. The van der Waals surface area contributed by atoms with Crippen molar-refractivity contribution in [3.63, 3.8) is 0 Å². The van der Waals surface area contributed by atoms with Crippen molar-refractivity contribution < 1.29 is 9.18 Å². The molecule has 3 nitrogen and oxygen atoms in total. The van der Waals surface area contributed by atoms with Crippen LogP contribution in [0, 0.1) is 5.82 Å². The molecule has 0 spiro atoms. The molecule has 0 aliphatic heterocycles. The van der Waals surface area contributed by atoms with E-state index in [0.29, 0.717) is 16.5 Å². The van der Waals surface area contributed by atoms with Crippen LogP contribution in [-0.2, 0) is 7.05 Å². The highest BCUT2D eigenvalue weighted by Gasteiger charge is 2.15. The Balaban J connectivity index is 2.49. The van der Waals surface area contributed by atoms with Gasteiger partial charge in [0.25, 0.3) is 0 Å². The second kappa shape index (κ2) is 4.67. The average molecular weight is 234 g/mol. The van der Waals surface area contributed by atoms with E-state index in [-0.39, 0.29) is 18.1 Å². The zero-order valence-corrected chi connectivity index (χ0v) is 9.96. The third kappa shape index (κ3) is 2.08. The number of Topliss-reactive ketones (excluding diaryl/α,β-unsaturated/α-hetero) is 1. The molecule has 0 saturated heterocycles. The maximum atomic E-state index is 13.6. The number of hydrogen-bond donors (Lipinski definition) is 1. The number of carbonyl (C=O) groups excluding carboxylic acids is 1. The molecule has 0 bridgehead atoms. The summed E-state index contributed by atoms with van der Waals surface area (Å²) in [5, 5.41) is 3.66. The standard InChI is InChI=1S/C13H15FN2O/c1-3-15-7-12(17)10-8-16(2)13-9(10)5-4-6-11(13)14/h4-6,8,15H,3,7H2,1-2H3. The number of benzene rings is 1. The first-order valence-corrected chi connectivity index (χ1v) is 5.62. The SMILES string of the molecule is CCNCC(=O)c1cn(C)c2c(F)cccc12. The first-order valence-electron chi connectivity index (χ1n) is 5.62. The van der Waals surface area contributed by atoms with Crippen LogP contribution in [0.2, 0.25) is 0 Å². The third-order valence-electron chi connectivity index (χ3n) is 2.79. The van der Waals surface area contributed by atoms with Crippen LogP contribution in [-0.4, -0.2) is 23.4 Å². The molecule has 1 heterocycles. The number of nitrogens with one attached hydrogen (secondary N) is 1. The molecule has 0 aliphatic carbocycles. The third-order valence-corrected chi connectivity index (χ3v) is 2.79. The molecule has 4 heteroatoms. The minimum Gasteiger partial charge on any atom is -0.347 e. The van der Waals surface area contributed by atoms with E-state index >= 15 is 0 Å². The zero-order valence-electron chi connectivity index (χ0n) is 9.96. The normalized spacial score (nSPS) is 11.0. The van der Waals surface area contributed by atoms with Crippen LogP contribution >= 0.6 is 0 Å². The number of aromatic nitrogens is 1. The molecule has 1 aromatic heterocycles. The first kappa shape index (κ1) is 11.8. The first-order chi connectivity index (χ1) is 8.15. The van der Waals surface area contributed by atoms with E-state index in [0.717, 1.165) is 6.54 Å². The van der Waals surface area contributed by atoms with Gasteiger partial charge in [-0.15, -0.1) is 0 Å². The van der Waals surface area contributed by atoms with E-state index in [1.165, 1.54) is 6.07 Å². The Bertz CT molecular complexity index is 560. The second-order valence-corrected chi connectivity index (χ2v) is 3.99. The van der Waals surface area contributed by atoms with E-state index in [1.54, 1.807) is 29.9 Å². The predicted octanol–water partition coefficient (Wildman–Crippen LogP) is 2.11. The summed E-state index contributed by atoms with van der Waals surface area (Å²) in [7, 11) is 1.75. The molecule has 1 N–H and O–H groups in total. The van der Waals surface area contributed by atoms with Crippen LogP contribution in [0.4, 0.5) is 4.39 Å². The highest BCUT2D eigenvalue weighted by Crippen LogP contribution is 2.23. The highest BCUT2D eigenvalue weighted by molar-refractivity contribution is 6.09. The topological polar surface area (TPSA) is 34.0 Å². The maximum absolute atomic E-state index is 13.6. The number of aryl methyl sites for hydroxylation is 1. The number of para-hydroxylation sites is 1. The molecule has 0 atom stereocenters. The number of fused-ring (bicyclic) bond motifs is 1. The monoisotopic (exact) mass is 234 g/mol. The Morgan fingerprint density at radius 2 is 2.24 bits per heavy atom. The summed E-state index contributed by atoms with van der Waals surface area (Å²) < 4.78 is 15.3. The number of likely N-dealkylation sites (N-methyl/N-ethyl adjacent to an activating group) is 1. The molecule has 0 radical (unpaired) electrons. The van der Waals surface area contributed by atoms with Gasteiger partial charge in [-0.1, -0.05) is 19.1 Å². The molecule has 0 fully saturated rings. The van der Waals surface area contributed by atoms with Gasteiger partial charge in [0.1, 0.15) is 5.82 Å². The van der Waals surface area contributed by atoms with Crippen molar-refractivity contribution >= 4 is 16.7 Å². The van der Waals surface area contributed by atoms with Crippen LogP contribution in [0.5, 0.6) is 0 Å². The summed E-state index contributed by atoms with van der Waals surface area (Å²) in [4.78, 5) is 11.9. The summed E-state index contributed by atoms with van der Waals surface area (Å²) in [5.74, 6) is -0.310. The van der Waals surface area contributed by atoms with E-state index in [2.05, 4.69) is 5.32 Å². The summed E-state index contributed by atoms with van der Waals surface area (Å²) in [5.41, 5.74) is 1.05. The summed E-state index contributed by atoms with van der Waals surface area (Å²) in [6, 6.07) is 4.81. The molecule has 0 aliphatic rings. The minimum atomic E-state index is -0.299. The van der Waals surface area contributed by atoms with Crippen molar-refractivity contribution in [3.8, 4) is 0 Å². The van der Waals surface area contributed by atoms with Crippen LogP contribution in [0.3, 0.4) is 0 Å². The predicted molar refractivity (Wildman–Crippen MR) is 65.8 cm³/mol. The molecular formula is C13H15FN2O. The average Bonchev–Trinajstić information content (AvgIpc) is 2.65. The van der Waals surface area contributed by atoms with Crippen LogP contribution < -0.4 is 5.32 Å². The van der Waals surface area contributed by atoms with Crippen molar-refractivity contribution in [2.75, 3.05) is 13.1 Å². The molecule has 2 rings (SSSR count). The van der Waals surface area contributed by atoms with Gasteiger partial charge in [0.05, 0.1) is 12.1 Å². The van der Waals surface area contributed by atoms with Crippen molar-refractivity contribution in [1.29, 1.82) is 0 Å². The lowest BCUT2D eigenvalue weighted by molar-refractivity contribution is 0.0993. The van der Waals surface area contributed by atoms with Gasteiger partial charge in [-0.25, -0.2) is 4.39 Å². The Labute approximate surface area is 99.2 Å². The minimum absolute atomic E-state index is 0.0111. The van der Waals surface area contributed by atoms with Gasteiger partial charge in [-0.2, -0.15) is 0 Å². The lowest BCUT2D eigenvalue weighted by Crippen LogP contribution is -2.22. The number of halogens is 1. The van der Waals surface area contributed by atoms with Gasteiger partial charge in [0.15, 0.2) is 5.78 Å². The fourth-order valence-corrected chi connectivity index (χ4v) is 1.97. The zero-order chi connectivity index (χ0) is 12.4. The maximum Gasteiger partial charge on any atom is 0.178 e. The van der Waals surface area contributed by atoms with Crippen molar-refractivity contribution in [2.24, 2.45) is 7.05 Å². The lowest BCUT2D eigenvalue weighted by atomic mass is 10.1. The highest BCUT2D eigenvalue weighted by atomic mass is 19.1. The Morgan fingerprint density at radius 1 is 1.47 bits per heavy atom. The fraction of sp³-hybridized carbons (Fsp3) is 0.308. The molecule has 0 amide bonds. The van der Waals surface area contributed by atoms with E-state index in [1.807, 2.05) is 6.92 Å². The number of rotatable bonds is 4. The quantitative estimate of drug-likeness (QED) is 0.822. The smallest absolute Gasteiger partial charge is 0.178 e. The Morgan fingerprint density at radius 3 is 2.94 bits per heavy atom. The van der Waals surface area contributed by atoms with Gasteiger partial charge in [-0.3, -0.25) is 4.79 Å². The van der Waals surface area contributed by atoms with Crippen LogP contribution in [0.1, 0.15) is 17.3 Å². The molecule has 0 saturated carbocycles. The number of carbonyl (C=O) groups is 1. The molecule has 2 aromatic rings. The Hall–Kier alpha value is -1.68. The lowest BCUT2D eigenvalue weighted by Gasteiger charge is -1.99. The van der Waals surface area contributed by atoms with Crippen LogP contribution in [0.15, 0.2) is 24.4 Å². The second-order valence-electron chi connectivity index (χ2n) is 3.99. The molecule has 1 aromatic carbocycles. The van der Waals surface area contributed by atoms with Crippen molar-refractivity contribution in [3.05, 3.63) is 35.8 Å². The van der Waals surface area contributed by atoms with Gasteiger partial charge in [0, 0.05) is 24.2 Å². The van der Waals surface area contributed by atoms with Gasteiger partial charge in [-0.05, 0) is 12.6 Å². The van der Waals surface area contributed by atoms with E-state index < -0.39 is 0 Å². The van der Waals surface area contributed by atoms with E-state index in [9.17, 15) is 9.18 Å². The number of nitrogens with zero attached hydrogens (tertiary/aromatic N) is 1. The molecule has 0 unspecified atom stereocenters. The van der Waals surface area contributed by atoms with Gasteiger partial charge < -0.3 is 9.88 Å². The Kier molecular flexibility index (Phi) is 3.24. The van der Waals surface area contributed by atoms with Gasteiger partial charge in [0.2, 0.25) is 0 Å². The molecule has 17 heavy (non-hydrogen) atoms. The van der Waals surface area contributed by atoms with E-state index in [4.69, 9.17) is 0 Å². The summed E-state index contributed by atoms with van der Waals surface area (Å²) in [6.45, 7) is 2.97. The van der Waals surface area contributed by atoms with Crippen molar-refractivity contribution in [1.82, 2.24) is 9.88 Å².